The third-order valence-electron chi connectivity index (χ3n) is 4.00. The van der Waals surface area contributed by atoms with Gasteiger partial charge in [0.25, 0.3) is 0 Å². The number of hydrogen-bond acceptors (Lipinski definition) is 3. The molecule has 1 aliphatic heterocycles. The Kier molecular flexibility index (Phi) is 4.07. The van der Waals surface area contributed by atoms with E-state index in [-0.39, 0.29) is 5.75 Å². The van der Waals surface area contributed by atoms with Crippen LogP contribution in [-0.2, 0) is 15.8 Å². The van der Waals surface area contributed by atoms with Crippen molar-refractivity contribution in [3.8, 4) is 0 Å². The van der Waals surface area contributed by atoms with E-state index in [9.17, 15) is 8.42 Å². The third-order valence-corrected chi connectivity index (χ3v) is 5.85. The third kappa shape index (κ3) is 3.33. The largest absolute Gasteiger partial charge is 0.282 e. The van der Waals surface area contributed by atoms with Crippen LogP contribution in [0.1, 0.15) is 30.0 Å². The summed E-state index contributed by atoms with van der Waals surface area (Å²) in [6.45, 7) is 1.16. The van der Waals surface area contributed by atoms with Gasteiger partial charge in [-0.3, -0.25) is 5.10 Å². The molecule has 2 aromatic rings. The Morgan fingerprint density at radius 2 is 1.86 bits per heavy atom. The lowest BCUT2D eigenvalue weighted by atomic mass is 9.95. The minimum Gasteiger partial charge on any atom is -0.282 e. The van der Waals surface area contributed by atoms with E-state index in [1.807, 2.05) is 36.4 Å². The van der Waals surface area contributed by atoms with Gasteiger partial charge in [0.15, 0.2) is 0 Å². The highest BCUT2D eigenvalue weighted by Crippen LogP contribution is 2.28. The Bertz CT molecular complexity index is 660. The van der Waals surface area contributed by atoms with Crippen LogP contribution in [0.4, 0.5) is 0 Å². The number of benzene rings is 1. The van der Waals surface area contributed by atoms with Gasteiger partial charge < -0.3 is 0 Å². The van der Waals surface area contributed by atoms with Gasteiger partial charge in [0.2, 0.25) is 10.0 Å². The summed E-state index contributed by atoms with van der Waals surface area (Å²) < 4.78 is 26.5. The maximum absolute atomic E-state index is 12.5. The molecule has 0 radical (unpaired) electrons. The number of H-pyrrole nitrogens is 1. The van der Waals surface area contributed by atoms with Crippen LogP contribution < -0.4 is 0 Å². The van der Waals surface area contributed by atoms with Crippen molar-refractivity contribution in [3.63, 3.8) is 0 Å². The molecule has 0 spiro atoms. The van der Waals surface area contributed by atoms with E-state index >= 15 is 0 Å². The van der Waals surface area contributed by atoms with Crippen molar-refractivity contribution in [1.29, 1.82) is 0 Å². The van der Waals surface area contributed by atoms with Gasteiger partial charge in [0.1, 0.15) is 0 Å². The summed E-state index contributed by atoms with van der Waals surface area (Å²) in [5.41, 5.74) is 1.95. The van der Waals surface area contributed by atoms with Crippen LogP contribution in [0.2, 0.25) is 0 Å². The molecule has 21 heavy (non-hydrogen) atoms. The number of aromatic nitrogens is 2. The molecule has 0 atom stereocenters. The molecule has 0 bridgehead atoms. The first kappa shape index (κ1) is 14.3. The van der Waals surface area contributed by atoms with E-state index < -0.39 is 10.0 Å². The van der Waals surface area contributed by atoms with Crippen molar-refractivity contribution in [1.82, 2.24) is 14.5 Å². The Morgan fingerprint density at radius 3 is 2.48 bits per heavy atom. The first-order chi connectivity index (χ1) is 10.1. The van der Waals surface area contributed by atoms with Crippen LogP contribution in [0.5, 0.6) is 0 Å². The second-order valence-electron chi connectivity index (χ2n) is 5.43. The summed E-state index contributed by atoms with van der Waals surface area (Å²) in [6.07, 6.45) is 3.43. The highest BCUT2D eigenvalue weighted by atomic mass is 32.2. The van der Waals surface area contributed by atoms with Gasteiger partial charge >= 0.3 is 0 Å². The van der Waals surface area contributed by atoms with Crippen LogP contribution in [0.15, 0.2) is 42.6 Å². The van der Waals surface area contributed by atoms with Gasteiger partial charge in [-0.05, 0) is 24.5 Å². The molecular weight excluding hydrogens is 286 g/mol. The topological polar surface area (TPSA) is 66.1 Å². The average Bonchev–Trinajstić information content (AvgIpc) is 3.02. The summed E-state index contributed by atoms with van der Waals surface area (Å²) in [6, 6.07) is 11.3. The van der Waals surface area contributed by atoms with E-state index in [1.54, 1.807) is 10.5 Å². The standard InChI is InChI=1S/C15H19N3O2S/c19-21(20,12-13-4-2-1-3-5-13)18-10-7-14(8-11-18)15-6-9-16-17-15/h1-6,9,14H,7-8,10-12H2,(H,16,17). The molecule has 1 N–H and O–H groups in total. The van der Waals surface area contributed by atoms with Gasteiger partial charge in [-0.25, -0.2) is 12.7 Å². The molecule has 1 aromatic heterocycles. The molecule has 0 aliphatic carbocycles. The predicted molar refractivity (Wildman–Crippen MR) is 81.2 cm³/mol. The summed E-state index contributed by atoms with van der Waals surface area (Å²) in [5, 5.41) is 6.95. The molecule has 0 unspecified atom stereocenters. The van der Waals surface area contributed by atoms with E-state index in [4.69, 9.17) is 0 Å². The molecule has 112 valence electrons. The molecule has 1 saturated heterocycles. The van der Waals surface area contributed by atoms with Gasteiger partial charge in [-0.1, -0.05) is 30.3 Å². The fourth-order valence-electron chi connectivity index (χ4n) is 2.82. The summed E-state index contributed by atoms with van der Waals surface area (Å²) in [7, 11) is -3.22. The van der Waals surface area contributed by atoms with Crippen molar-refractivity contribution in [2.24, 2.45) is 0 Å². The van der Waals surface area contributed by atoms with E-state index in [2.05, 4.69) is 10.2 Å². The molecule has 1 aromatic carbocycles. The second-order valence-corrected chi connectivity index (χ2v) is 7.40. The number of rotatable bonds is 4. The Morgan fingerprint density at radius 1 is 1.14 bits per heavy atom. The normalized spacial score (nSPS) is 17.9. The monoisotopic (exact) mass is 305 g/mol. The SMILES string of the molecule is O=S(=O)(Cc1ccccc1)N1CCC(c2ccn[nH]2)CC1. The molecule has 6 heteroatoms. The zero-order valence-corrected chi connectivity index (χ0v) is 12.6. The minimum atomic E-state index is -3.22. The van der Waals surface area contributed by atoms with Gasteiger partial charge in [0, 0.05) is 30.9 Å². The predicted octanol–water partition coefficient (Wildman–Crippen LogP) is 2.12. The van der Waals surface area contributed by atoms with Crippen molar-refractivity contribution in [3.05, 3.63) is 53.9 Å². The highest BCUT2D eigenvalue weighted by molar-refractivity contribution is 7.88. The summed E-state index contributed by atoms with van der Waals surface area (Å²) in [4.78, 5) is 0. The number of nitrogens with zero attached hydrogens (tertiary/aromatic N) is 2. The first-order valence-electron chi connectivity index (χ1n) is 7.16. The molecule has 1 aliphatic rings. The van der Waals surface area contributed by atoms with Crippen molar-refractivity contribution >= 4 is 10.0 Å². The van der Waals surface area contributed by atoms with Crippen LogP contribution in [0, 0.1) is 0 Å². The Hall–Kier alpha value is -1.66. The zero-order chi connectivity index (χ0) is 14.7. The fourth-order valence-corrected chi connectivity index (χ4v) is 4.38. The number of hydrogen-bond donors (Lipinski definition) is 1. The quantitative estimate of drug-likeness (QED) is 0.941. The number of aromatic amines is 1. The van der Waals surface area contributed by atoms with Crippen LogP contribution in [0.3, 0.4) is 0 Å². The zero-order valence-electron chi connectivity index (χ0n) is 11.8. The average molecular weight is 305 g/mol. The molecule has 1 fully saturated rings. The molecular formula is C15H19N3O2S. The minimum absolute atomic E-state index is 0.0859. The molecule has 3 rings (SSSR count). The molecule has 2 heterocycles. The lowest BCUT2D eigenvalue weighted by molar-refractivity contribution is 0.316. The Labute approximate surface area is 125 Å². The van der Waals surface area contributed by atoms with Crippen LogP contribution in [0.25, 0.3) is 0 Å². The smallest absolute Gasteiger partial charge is 0.218 e. The second kappa shape index (κ2) is 5.99. The first-order valence-corrected chi connectivity index (χ1v) is 8.77. The van der Waals surface area contributed by atoms with E-state index in [0.29, 0.717) is 19.0 Å². The summed E-state index contributed by atoms with van der Waals surface area (Å²) in [5.74, 6) is 0.471. The Balaban J connectivity index is 1.63. The highest BCUT2D eigenvalue weighted by Gasteiger charge is 2.29. The number of piperidine rings is 1. The molecule has 5 nitrogen and oxygen atoms in total. The van der Waals surface area contributed by atoms with E-state index in [0.717, 1.165) is 24.1 Å². The van der Waals surface area contributed by atoms with E-state index in [1.165, 1.54) is 0 Å². The summed E-state index contributed by atoms with van der Waals surface area (Å²) >= 11 is 0. The lowest BCUT2D eigenvalue weighted by Crippen LogP contribution is -2.38. The van der Waals surface area contributed by atoms with Crippen molar-refractivity contribution < 1.29 is 8.42 Å². The maximum atomic E-state index is 12.5. The van der Waals surface area contributed by atoms with Crippen molar-refractivity contribution in [2.45, 2.75) is 24.5 Å². The molecule has 0 saturated carbocycles. The van der Waals surface area contributed by atoms with Gasteiger partial charge in [0.05, 0.1) is 5.75 Å². The number of nitrogens with one attached hydrogen (secondary N) is 1. The molecule has 0 amide bonds. The van der Waals surface area contributed by atoms with Gasteiger partial charge in [-0.2, -0.15) is 5.10 Å². The number of sulfonamides is 1. The van der Waals surface area contributed by atoms with Crippen LogP contribution in [-0.4, -0.2) is 36.0 Å². The van der Waals surface area contributed by atoms with Crippen LogP contribution >= 0.6 is 0 Å². The lowest BCUT2D eigenvalue weighted by Gasteiger charge is -2.30. The fraction of sp³-hybridized carbons (Fsp3) is 0.400. The van der Waals surface area contributed by atoms with Gasteiger partial charge in [-0.15, -0.1) is 0 Å². The maximum Gasteiger partial charge on any atom is 0.218 e. The van der Waals surface area contributed by atoms with Crippen molar-refractivity contribution in [2.75, 3.05) is 13.1 Å².